The van der Waals surface area contributed by atoms with Gasteiger partial charge in [0.1, 0.15) is 0 Å². The second kappa shape index (κ2) is 11.7. The molecule has 0 atom stereocenters. The number of hydrogen-bond acceptors (Lipinski definition) is 3. The Labute approximate surface area is 113 Å². The molecule has 0 aromatic carbocycles. The molecule has 0 spiro atoms. The van der Waals surface area contributed by atoms with Crippen LogP contribution in [0.4, 0.5) is 0 Å². The van der Waals surface area contributed by atoms with Gasteiger partial charge in [-0.25, -0.2) is 0 Å². The van der Waals surface area contributed by atoms with E-state index in [0.717, 1.165) is 6.42 Å². The van der Waals surface area contributed by atoms with Crippen LogP contribution in [0.25, 0.3) is 0 Å². The lowest BCUT2D eigenvalue weighted by Crippen LogP contribution is -2.44. The molecule has 0 aromatic heterocycles. The van der Waals surface area contributed by atoms with Gasteiger partial charge in [-0.3, -0.25) is 0 Å². The van der Waals surface area contributed by atoms with E-state index in [1.807, 2.05) is 38.6 Å². The second-order valence-corrected chi connectivity index (χ2v) is 6.30. The normalized spacial score (nSPS) is 14.2. The van der Waals surface area contributed by atoms with Gasteiger partial charge in [0.2, 0.25) is 0 Å². The Bertz CT molecular complexity index is 207. The molecule has 1 fully saturated rings. The van der Waals surface area contributed by atoms with Gasteiger partial charge in [0.25, 0.3) is 0 Å². The standard InChI is InChI=1S/C11H22O3Si.C3H6/c1-5-9-10-11-15(12-6-2,13-7-3)14-8-4;1-2-3-1/h5,10-11H,1,6-9H2,2-4H3;1-3H2. The summed E-state index contributed by atoms with van der Waals surface area (Å²) in [6, 6.07) is 0. The first-order valence-electron chi connectivity index (χ1n) is 6.95. The van der Waals surface area contributed by atoms with Crippen LogP contribution in [0.1, 0.15) is 46.5 Å². The van der Waals surface area contributed by atoms with Crippen LogP contribution < -0.4 is 0 Å². The quantitative estimate of drug-likeness (QED) is 0.471. The third kappa shape index (κ3) is 9.59. The summed E-state index contributed by atoms with van der Waals surface area (Å²) < 4.78 is 16.9. The minimum Gasteiger partial charge on any atom is -0.371 e. The van der Waals surface area contributed by atoms with Crippen molar-refractivity contribution in [3.8, 4) is 0 Å². The van der Waals surface area contributed by atoms with Gasteiger partial charge >= 0.3 is 8.80 Å². The van der Waals surface area contributed by atoms with Crippen LogP contribution in [0.5, 0.6) is 0 Å². The van der Waals surface area contributed by atoms with Crippen LogP contribution in [-0.2, 0) is 13.3 Å². The van der Waals surface area contributed by atoms with Crippen molar-refractivity contribution in [2.24, 2.45) is 0 Å². The highest BCUT2D eigenvalue weighted by Crippen LogP contribution is 2.15. The van der Waals surface area contributed by atoms with Gasteiger partial charge in [0, 0.05) is 19.8 Å². The van der Waals surface area contributed by atoms with Gasteiger partial charge in [-0.05, 0) is 32.9 Å². The molecule has 1 rings (SSSR count). The Morgan fingerprint density at radius 3 is 1.67 bits per heavy atom. The summed E-state index contributed by atoms with van der Waals surface area (Å²) in [4.78, 5) is 0. The Morgan fingerprint density at radius 1 is 0.944 bits per heavy atom. The molecule has 0 bridgehead atoms. The number of rotatable bonds is 9. The van der Waals surface area contributed by atoms with Crippen molar-refractivity contribution in [3.63, 3.8) is 0 Å². The van der Waals surface area contributed by atoms with Crippen LogP contribution >= 0.6 is 0 Å². The number of allylic oxidation sites excluding steroid dienone is 2. The zero-order chi connectivity index (χ0) is 13.7. The fourth-order valence-corrected chi connectivity index (χ4v) is 3.35. The lowest BCUT2D eigenvalue weighted by atomic mass is 10.4. The molecule has 0 aliphatic heterocycles. The topological polar surface area (TPSA) is 27.7 Å². The van der Waals surface area contributed by atoms with Crippen LogP contribution in [-0.4, -0.2) is 28.6 Å². The third-order valence-electron chi connectivity index (χ3n) is 2.01. The molecule has 18 heavy (non-hydrogen) atoms. The van der Waals surface area contributed by atoms with Gasteiger partial charge in [-0.2, -0.15) is 0 Å². The second-order valence-electron chi connectivity index (χ2n) is 3.89. The Morgan fingerprint density at radius 2 is 1.39 bits per heavy atom. The van der Waals surface area contributed by atoms with Crippen molar-refractivity contribution >= 4 is 8.80 Å². The van der Waals surface area contributed by atoms with Crippen molar-refractivity contribution in [1.29, 1.82) is 0 Å². The molecule has 0 radical (unpaired) electrons. The maximum Gasteiger partial charge on any atom is 0.529 e. The summed E-state index contributed by atoms with van der Waals surface area (Å²) in [5.74, 6) is 0. The first kappa shape index (κ1) is 17.6. The molecule has 0 amide bonds. The van der Waals surface area contributed by atoms with Crippen LogP contribution in [0, 0.1) is 0 Å². The molecule has 1 aliphatic carbocycles. The zero-order valence-corrected chi connectivity index (χ0v) is 13.1. The van der Waals surface area contributed by atoms with E-state index in [1.54, 1.807) is 0 Å². The fourth-order valence-electron chi connectivity index (χ4n) is 1.18. The lowest BCUT2D eigenvalue weighted by Gasteiger charge is -2.25. The van der Waals surface area contributed by atoms with Crippen LogP contribution in [0.2, 0.25) is 0 Å². The van der Waals surface area contributed by atoms with Gasteiger partial charge in [-0.15, -0.1) is 6.58 Å². The fraction of sp³-hybridized carbons (Fsp3) is 0.714. The average molecular weight is 272 g/mol. The molecule has 0 aromatic rings. The van der Waals surface area contributed by atoms with Crippen molar-refractivity contribution in [2.75, 3.05) is 19.8 Å². The zero-order valence-electron chi connectivity index (χ0n) is 12.1. The van der Waals surface area contributed by atoms with Crippen molar-refractivity contribution < 1.29 is 13.3 Å². The summed E-state index contributed by atoms with van der Waals surface area (Å²) in [5, 5.41) is 0. The van der Waals surface area contributed by atoms with Crippen LogP contribution in [0.15, 0.2) is 24.4 Å². The maximum absolute atomic E-state index is 5.63. The van der Waals surface area contributed by atoms with E-state index < -0.39 is 8.80 Å². The SMILES string of the molecule is C1CC1.C=CCC=C[Si](OCC)(OCC)OCC. The van der Waals surface area contributed by atoms with E-state index in [9.17, 15) is 0 Å². The van der Waals surface area contributed by atoms with Crippen LogP contribution in [0.3, 0.4) is 0 Å². The highest BCUT2D eigenvalue weighted by atomic mass is 28.4. The van der Waals surface area contributed by atoms with Gasteiger partial charge < -0.3 is 13.3 Å². The average Bonchev–Trinajstić information content (AvgIpc) is 3.18. The van der Waals surface area contributed by atoms with E-state index in [1.165, 1.54) is 19.3 Å². The van der Waals surface area contributed by atoms with Crippen molar-refractivity contribution in [3.05, 3.63) is 24.4 Å². The molecular weight excluding hydrogens is 244 g/mol. The predicted molar refractivity (Wildman–Crippen MR) is 78.4 cm³/mol. The molecule has 0 saturated heterocycles. The summed E-state index contributed by atoms with van der Waals surface area (Å²) in [6.07, 6.45) is 9.13. The largest absolute Gasteiger partial charge is 0.529 e. The predicted octanol–water partition coefficient (Wildman–Crippen LogP) is 3.88. The first-order valence-corrected chi connectivity index (χ1v) is 8.75. The Balaban J connectivity index is 0.000000827. The molecule has 4 heteroatoms. The molecule has 106 valence electrons. The molecule has 1 saturated carbocycles. The van der Waals surface area contributed by atoms with E-state index in [4.69, 9.17) is 13.3 Å². The Kier molecular flexibility index (Phi) is 11.4. The molecule has 1 aliphatic rings. The third-order valence-corrected chi connectivity index (χ3v) is 4.73. The Hall–Kier alpha value is -0.423. The molecule has 0 unspecified atom stereocenters. The maximum atomic E-state index is 5.63. The molecule has 0 N–H and O–H groups in total. The smallest absolute Gasteiger partial charge is 0.371 e. The summed E-state index contributed by atoms with van der Waals surface area (Å²) in [7, 11) is -2.56. The van der Waals surface area contributed by atoms with E-state index in [2.05, 4.69) is 6.58 Å². The minimum absolute atomic E-state index is 0.602. The molecule has 3 nitrogen and oxygen atoms in total. The minimum atomic E-state index is -2.56. The monoisotopic (exact) mass is 272 g/mol. The van der Waals surface area contributed by atoms with E-state index in [0.29, 0.717) is 19.8 Å². The molecule has 0 heterocycles. The summed E-state index contributed by atoms with van der Waals surface area (Å²) in [5.41, 5.74) is 1.94. The van der Waals surface area contributed by atoms with E-state index in [-0.39, 0.29) is 0 Å². The highest BCUT2D eigenvalue weighted by molar-refractivity contribution is 6.66. The summed E-state index contributed by atoms with van der Waals surface area (Å²) in [6.45, 7) is 11.3. The van der Waals surface area contributed by atoms with Crippen molar-refractivity contribution in [1.82, 2.24) is 0 Å². The van der Waals surface area contributed by atoms with Gasteiger partial charge in [-0.1, -0.05) is 31.4 Å². The lowest BCUT2D eigenvalue weighted by molar-refractivity contribution is 0.0842. The van der Waals surface area contributed by atoms with Crippen molar-refractivity contribution in [2.45, 2.75) is 46.5 Å². The van der Waals surface area contributed by atoms with E-state index >= 15 is 0 Å². The highest BCUT2D eigenvalue weighted by Gasteiger charge is 2.37. The first-order chi connectivity index (χ1) is 8.74. The number of hydrogen-bond donors (Lipinski definition) is 0. The van der Waals surface area contributed by atoms with Gasteiger partial charge in [0.15, 0.2) is 0 Å². The van der Waals surface area contributed by atoms with Gasteiger partial charge in [0.05, 0.1) is 0 Å². The molecular formula is C14H28O3Si. The summed E-state index contributed by atoms with van der Waals surface area (Å²) >= 11 is 0.